The Balaban J connectivity index is 1.73. The van der Waals surface area contributed by atoms with E-state index in [1.807, 2.05) is 30.1 Å². The summed E-state index contributed by atoms with van der Waals surface area (Å²) in [6, 6.07) is 7.99. The van der Waals surface area contributed by atoms with Crippen molar-refractivity contribution in [2.24, 2.45) is 5.41 Å². The molecule has 2 saturated heterocycles. The van der Waals surface area contributed by atoms with Crippen molar-refractivity contribution < 1.29 is 4.79 Å². The van der Waals surface area contributed by atoms with Crippen molar-refractivity contribution in [1.82, 2.24) is 4.90 Å². The number of halogens is 1. The number of likely N-dealkylation sites (tertiary alicyclic amines) is 1. The molecule has 0 N–H and O–H groups in total. The first kappa shape index (κ1) is 14.4. The highest BCUT2D eigenvalue weighted by Crippen LogP contribution is 2.42. The Morgan fingerprint density at radius 1 is 1.24 bits per heavy atom. The molecule has 4 nitrogen and oxygen atoms in total. The van der Waals surface area contributed by atoms with Crippen LogP contribution in [-0.2, 0) is 4.79 Å². The van der Waals surface area contributed by atoms with Crippen molar-refractivity contribution >= 4 is 27.5 Å². The molecule has 0 aliphatic carbocycles. The standard InChI is InChI=1S/C16H18BrN3O/c1-19-7-4-16(15(19)21)5-8-20(9-6-16)13-3-2-12(11-18)14(17)10-13/h2-3,10H,4-9H2,1H3. The monoisotopic (exact) mass is 347 g/mol. The number of rotatable bonds is 1. The van der Waals surface area contributed by atoms with Gasteiger partial charge in [0, 0.05) is 36.8 Å². The number of piperidine rings is 1. The number of hydrogen-bond acceptors (Lipinski definition) is 3. The van der Waals surface area contributed by atoms with E-state index in [0.29, 0.717) is 11.5 Å². The van der Waals surface area contributed by atoms with E-state index in [1.165, 1.54) is 0 Å². The van der Waals surface area contributed by atoms with Gasteiger partial charge >= 0.3 is 0 Å². The summed E-state index contributed by atoms with van der Waals surface area (Å²) in [7, 11) is 1.90. The highest BCUT2D eigenvalue weighted by molar-refractivity contribution is 9.10. The fraction of sp³-hybridized carbons (Fsp3) is 0.500. The van der Waals surface area contributed by atoms with Gasteiger partial charge in [0.25, 0.3) is 0 Å². The molecule has 0 aromatic heterocycles. The third-order valence-corrected chi connectivity index (χ3v) is 5.54. The van der Waals surface area contributed by atoms with Gasteiger partial charge in [0.15, 0.2) is 0 Å². The van der Waals surface area contributed by atoms with E-state index in [-0.39, 0.29) is 5.41 Å². The summed E-state index contributed by atoms with van der Waals surface area (Å²) < 4.78 is 0.833. The lowest BCUT2D eigenvalue weighted by Gasteiger charge is -2.39. The molecule has 0 radical (unpaired) electrons. The smallest absolute Gasteiger partial charge is 0.228 e. The van der Waals surface area contributed by atoms with Gasteiger partial charge in [-0.25, -0.2) is 0 Å². The number of hydrogen-bond donors (Lipinski definition) is 0. The zero-order chi connectivity index (χ0) is 15.0. The molecule has 110 valence electrons. The molecule has 3 rings (SSSR count). The first-order chi connectivity index (χ1) is 10.1. The summed E-state index contributed by atoms with van der Waals surface area (Å²) in [6.45, 7) is 2.69. The minimum absolute atomic E-state index is 0.116. The van der Waals surface area contributed by atoms with Crippen LogP contribution < -0.4 is 4.90 Å². The quantitative estimate of drug-likeness (QED) is 0.784. The lowest BCUT2D eigenvalue weighted by atomic mass is 9.77. The second-order valence-corrected chi connectivity index (χ2v) is 6.87. The van der Waals surface area contributed by atoms with Crippen LogP contribution in [0.25, 0.3) is 0 Å². The van der Waals surface area contributed by atoms with Crippen molar-refractivity contribution in [1.29, 1.82) is 5.26 Å². The van der Waals surface area contributed by atoms with Gasteiger partial charge in [-0.1, -0.05) is 0 Å². The van der Waals surface area contributed by atoms with Crippen LogP contribution in [0.1, 0.15) is 24.8 Å². The molecule has 21 heavy (non-hydrogen) atoms. The van der Waals surface area contributed by atoms with E-state index in [1.54, 1.807) is 0 Å². The van der Waals surface area contributed by atoms with Gasteiger partial charge in [-0.3, -0.25) is 4.79 Å². The van der Waals surface area contributed by atoms with E-state index in [9.17, 15) is 4.79 Å². The maximum absolute atomic E-state index is 12.3. The fourth-order valence-electron chi connectivity index (χ4n) is 3.44. The number of carbonyl (C=O) groups is 1. The fourth-order valence-corrected chi connectivity index (χ4v) is 3.90. The van der Waals surface area contributed by atoms with Crippen LogP contribution in [0.4, 0.5) is 5.69 Å². The average Bonchev–Trinajstić information content (AvgIpc) is 2.77. The van der Waals surface area contributed by atoms with Gasteiger partial charge in [-0.05, 0) is 53.4 Å². The van der Waals surface area contributed by atoms with E-state index in [2.05, 4.69) is 26.9 Å². The minimum Gasteiger partial charge on any atom is -0.371 e. The van der Waals surface area contributed by atoms with E-state index in [4.69, 9.17) is 5.26 Å². The summed E-state index contributed by atoms with van der Waals surface area (Å²) in [6.07, 6.45) is 2.84. The molecule has 2 aliphatic rings. The van der Waals surface area contributed by atoms with E-state index in [0.717, 1.165) is 49.1 Å². The Bertz CT molecular complexity index is 614. The molecule has 1 spiro atoms. The molecule has 2 fully saturated rings. The van der Waals surface area contributed by atoms with Crippen LogP contribution in [0.2, 0.25) is 0 Å². The summed E-state index contributed by atoms with van der Waals surface area (Å²) >= 11 is 3.44. The van der Waals surface area contributed by atoms with Gasteiger partial charge in [0.2, 0.25) is 5.91 Å². The lowest BCUT2D eigenvalue weighted by Crippen LogP contribution is -2.44. The number of anilines is 1. The molecule has 5 heteroatoms. The van der Waals surface area contributed by atoms with E-state index >= 15 is 0 Å². The molecule has 0 saturated carbocycles. The van der Waals surface area contributed by atoms with Gasteiger partial charge in [0.1, 0.15) is 6.07 Å². The normalized spacial score (nSPS) is 20.9. The highest BCUT2D eigenvalue weighted by Gasteiger charge is 2.46. The Hall–Kier alpha value is -1.54. The molecule has 2 aliphatic heterocycles. The minimum atomic E-state index is -0.116. The van der Waals surface area contributed by atoms with Crippen LogP contribution in [0.5, 0.6) is 0 Å². The van der Waals surface area contributed by atoms with Crippen molar-refractivity contribution in [2.75, 3.05) is 31.6 Å². The van der Waals surface area contributed by atoms with Crippen molar-refractivity contribution in [3.05, 3.63) is 28.2 Å². The van der Waals surface area contributed by atoms with Crippen LogP contribution in [0, 0.1) is 16.7 Å². The molecule has 0 unspecified atom stereocenters. The predicted octanol–water partition coefficient (Wildman–Crippen LogP) is 2.77. The van der Waals surface area contributed by atoms with Gasteiger partial charge in [-0.2, -0.15) is 5.26 Å². The number of amides is 1. The van der Waals surface area contributed by atoms with Gasteiger partial charge in [-0.15, -0.1) is 0 Å². The summed E-state index contributed by atoms with van der Waals surface area (Å²) in [5.41, 5.74) is 1.66. The summed E-state index contributed by atoms with van der Waals surface area (Å²) in [5, 5.41) is 8.98. The molecule has 0 bridgehead atoms. The first-order valence-corrected chi connectivity index (χ1v) is 8.05. The first-order valence-electron chi connectivity index (χ1n) is 7.26. The topological polar surface area (TPSA) is 47.3 Å². The third kappa shape index (κ3) is 2.42. The largest absolute Gasteiger partial charge is 0.371 e. The van der Waals surface area contributed by atoms with Crippen LogP contribution in [0.15, 0.2) is 22.7 Å². The summed E-state index contributed by atoms with van der Waals surface area (Å²) in [4.78, 5) is 16.5. The second kappa shape index (κ2) is 5.34. The van der Waals surface area contributed by atoms with Crippen LogP contribution >= 0.6 is 15.9 Å². The Kier molecular flexibility index (Phi) is 3.66. The number of nitrogens with zero attached hydrogens (tertiary/aromatic N) is 3. The Morgan fingerprint density at radius 2 is 1.90 bits per heavy atom. The second-order valence-electron chi connectivity index (χ2n) is 6.02. The van der Waals surface area contributed by atoms with Crippen LogP contribution in [0.3, 0.4) is 0 Å². The Labute approximate surface area is 133 Å². The molecule has 1 amide bonds. The van der Waals surface area contributed by atoms with E-state index < -0.39 is 0 Å². The lowest BCUT2D eigenvalue weighted by molar-refractivity contribution is -0.135. The molecule has 1 aromatic rings. The van der Waals surface area contributed by atoms with Crippen molar-refractivity contribution in [2.45, 2.75) is 19.3 Å². The van der Waals surface area contributed by atoms with Gasteiger partial charge < -0.3 is 9.80 Å². The SMILES string of the molecule is CN1CCC2(CCN(c3ccc(C#N)c(Br)c3)CC2)C1=O. The zero-order valence-corrected chi connectivity index (χ0v) is 13.7. The number of benzene rings is 1. The maximum atomic E-state index is 12.3. The van der Waals surface area contributed by atoms with Crippen molar-refractivity contribution in [3.63, 3.8) is 0 Å². The predicted molar refractivity (Wildman–Crippen MR) is 85.0 cm³/mol. The summed E-state index contributed by atoms with van der Waals surface area (Å²) in [5.74, 6) is 0.322. The van der Waals surface area contributed by atoms with Gasteiger partial charge in [0.05, 0.1) is 11.0 Å². The Morgan fingerprint density at radius 3 is 2.43 bits per heavy atom. The van der Waals surface area contributed by atoms with Crippen LogP contribution in [-0.4, -0.2) is 37.5 Å². The highest BCUT2D eigenvalue weighted by atomic mass is 79.9. The molecule has 0 atom stereocenters. The molecule has 1 aromatic carbocycles. The average molecular weight is 348 g/mol. The molecule has 2 heterocycles. The van der Waals surface area contributed by atoms with Crippen molar-refractivity contribution in [3.8, 4) is 6.07 Å². The molecular weight excluding hydrogens is 330 g/mol. The number of carbonyl (C=O) groups excluding carboxylic acids is 1. The maximum Gasteiger partial charge on any atom is 0.228 e. The molecular formula is C16H18BrN3O. The third-order valence-electron chi connectivity index (χ3n) is 4.88. The zero-order valence-electron chi connectivity index (χ0n) is 12.1. The number of nitriles is 1.